The molecule has 0 fully saturated rings. The van der Waals surface area contributed by atoms with Crippen LogP contribution in [0.1, 0.15) is 22.3 Å². The molecule has 4 nitrogen and oxygen atoms in total. The summed E-state index contributed by atoms with van der Waals surface area (Å²) in [6.07, 6.45) is -10.8. The Balaban J connectivity index is 2.31. The van der Waals surface area contributed by atoms with Crippen molar-refractivity contribution in [2.45, 2.75) is 23.6 Å². The molecule has 0 spiro atoms. The molecule has 0 heterocycles. The van der Waals surface area contributed by atoms with Crippen molar-refractivity contribution in [2.75, 3.05) is 6.54 Å². The maximum absolute atomic E-state index is 14.5. The number of hydrogen-bond donors (Lipinski definition) is 3. The highest BCUT2D eigenvalue weighted by Gasteiger charge is 2.59. The first-order valence-electron chi connectivity index (χ1n) is 10.1. The number of hydrogen-bond acceptors (Lipinski definition) is 3. The van der Waals surface area contributed by atoms with E-state index in [1.807, 2.05) is 0 Å². The summed E-state index contributed by atoms with van der Waals surface area (Å²) in [7, 11) is 0. The molecule has 0 aliphatic carbocycles. The van der Waals surface area contributed by atoms with Gasteiger partial charge in [0.1, 0.15) is 11.6 Å². The number of nitrogens with one attached hydrogen (secondary N) is 1. The van der Waals surface area contributed by atoms with Crippen molar-refractivity contribution in [2.24, 2.45) is 0 Å². The molecule has 3 aromatic carbocycles. The average Bonchev–Trinajstić information content (AvgIpc) is 2.79. The van der Waals surface area contributed by atoms with Crippen molar-refractivity contribution < 1.29 is 50.1 Å². The van der Waals surface area contributed by atoms with E-state index in [9.17, 15) is 50.1 Å². The van der Waals surface area contributed by atoms with E-state index in [1.165, 1.54) is 30.3 Å². The fraction of sp³-hybridized carbons (Fsp3) is 0.208. The second-order valence-electron chi connectivity index (χ2n) is 7.86. The predicted octanol–water partition coefficient (Wildman–Crippen LogP) is 4.68. The van der Waals surface area contributed by atoms with Crippen LogP contribution in [-0.4, -0.2) is 34.6 Å². The van der Waals surface area contributed by atoms with Gasteiger partial charge >= 0.3 is 18.1 Å². The summed E-state index contributed by atoms with van der Waals surface area (Å²) in [4.78, 5) is 12.2. The Labute approximate surface area is 198 Å². The molecule has 0 aliphatic rings. The van der Waals surface area contributed by atoms with Crippen LogP contribution in [0.15, 0.2) is 72.8 Å². The first-order valence-corrected chi connectivity index (χ1v) is 10.1. The molecule has 0 aliphatic heterocycles. The van der Waals surface area contributed by atoms with Crippen LogP contribution in [0.25, 0.3) is 0 Å². The van der Waals surface area contributed by atoms with Gasteiger partial charge in [-0.15, -0.1) is 0 Å². The molecule has 3 rings (SSSR count). The molecular formula is C24H17F8NO3. The highest BCUT2D eigenvalue weighted by atomic mass is 19.4. The summed E-state index contributed by atoms with van der Waals surface area (Å²) in [5.41, 5.74) is -3.89. The summed E-state index contributed by atoms with van der Waals surface area (Å²) in [6, 6.07) is 12.5. The lowest BCUT2D eigenvalue weighted by molar-refractivity contribution is -0.328. The van der Waals surface area contributed by atoms with Crippen LogP contribution in [0.2, 0.25) is 0 Å². The zero-order valence-corrected chi connectivity index (χ0v) is 18.0. The van der Waals surface area contributed by atoms with Gasteiger partial charge in [-0.1, -0.05) is 42.5 Å². The van der Waals surface area contributed by atoms with E-state index in [1.54, 1.807) is 5.32 Å². The third kappa shape index (κ3) is 5.19. The maximum atomic E-state index is 14.5. The lowest BCUT2D eigenvalue weighted by Gasteiger charge is -2.37. The van der Waals surface area contributed by atoms with E-state index in [0.29, 0.717) is 12.1 Å². The maximum Gasteiger partial charge on any atom is 0.453 e. The monoisotopic (exact) mass is 519 g/mol. The zero-order chi connectivity index (χ0) is 26.9. The number of alkyl halides is 6. The SMILES string of the molecule is O=C(NCC(c1ccccc1)(c1ccc(F)cc1)c1cc(F)cc(C(F)(F)F)c1)C(O)(O)C(F)(F)F. The van der Waals surface area contributed by atoms with Crippen molar-refractivity contribution >= 4 is 5.91 Å². The van der Waals surface area contributed by atoms with Crippen LogP contribution < -0.4 is 5.32 Å². The first-order chi connectivity index (χ1) is 16.6. The lowest BCUT2D eigenvalue weighted by Crippen LogP contribution is -2.58. The number of rotatable bonds is 6. The number of carbonyl (C=O) groups excluding carboxylic acids is 1. The third-order valence-electron chi connectivity index (χ3n) is 5.55. The van der Waals surface area contributed by atoms with E-state index in [2.05, 4.69) is 0 Å². The number of carbonyl (C=O) groups is 1. The molecule has 1 atom stereocenters. The van der Waals surface area contributed by atoms with Crippen LogP contribution >= 0.6 is 0 Å². The Morgan fingerprint density at radius 3 is 1.75 bits per heavy atom. The topological polar surface area (TPSA) is 69.6 Å². The Hall–Kier alpha value is -3.51. The summed E-state index contributed by atoms with van der Waals surface area (Å²) < 4.78 is 108. The van der Waals surface area contributed by atoms with Crippen molar-refractivity contribution in [3.8, 4) is 0 Å². The van der Waals surface area contributed by atoms with E-state index < -0.39 is 58.8 Å². The molecular weight excluding hydrogens is 502 g/mol. The lowest BCUT2D eigenvalue weighted by atomic mass is 9.69. The molecule has 0 saturated heterocycles. The second-order valence-corrected chi connectivity index (χ2v) is 7.86. The number of halogens is 8. The van der Waals surface area contributed by atoms with Crippen molar-refractivity contribution in [1.82, 2.24) is 5.32 Å². The smallest absolute Gasteiger partial charge is 0.351 e. The Morgan fingerprint density at radius 1 is 0.694 bits per heavy atom. The summed E-state index contributed by atoms with van der Waals surface area (Å²) in [5, 5.41) is 20.3. The Bertz CT molecular complexity index is 1220. The quantitative estimate of drug-likeness (QED) is 0.252. The highest BCUT2D eigenvalue weighted by Crippen LogP contribution is 2.42. The fourth-order valence-electron chi connectivity index (χ4n) is 3.73. The van der Waals surface area contributed by atoms with Crippen LogP contribution in [-0.2, 0) is 16.4 Å². The molecule has 1 unspecified atom stereocenters. The first kappa shape index (κ1) is 27.1. The molecule has 1 amide bonds. The zero-order valence-electron chi connectivity index (χ0n) is 18.0. The van der Waals surface area contributed by atoms with Crippen LogP contribution in [0.5, 0.6) is 0 Å². The van der Waals surface area contributed by atoms with Crippen molar-refractivity contribution in [1.29, 1.82) is 0 Å². The van der Waals surface area contributed by atoms with E-state index in [0.717, 1.165) is 24.3 Å². The van der Waals surface area contributed by atoms with Crippen molar-refractivity contribution in [3.63, 3.8) is 0 Å². The van der Waals surface area contributed by atoms with Crippen LogP contribution in [0.3, 0.4) is 0 Å². The molecule has 36 heavy (non-hydrogen) atoms. The highest BCUT2D eigenvalue weighted by molar-refractivity contribution is 5.84. The van der Waals surface area contributed by atoms with Gasteiger partial charge in [0.15, 0.2) is 0 Å². The van der Waals surface area contributed by atoms with Gasteiger partial charge < -0.3 is 15.5 Å². The molecule has 0 bridgehead atoms. The van der Waals surface area contributed by atoms with E-state index >= 15 is 0 Å². The summed E-state index contributed by atoms with van der Waals surface area (Å²) >= 11 is 0. The number of amides is 1. The minimum absolute atomic E-state index is 0.0392. The van der Waals surface area contributed by atoms with Gasteiger partial charge in [0.2, 0.25) is 0 Å². The number of benzene rings is 3. The second kappa shape index (κ2) is 9.51. The molecule has 192 valence electrons. The van der Waals surface area contributed by atoms with Gasteiger partial charge in [0.05, 0.1) is 11.0 Å². The average molecular weight is 519 g/mol. The Morgan fingerprint density at radius 2 is 1.22 bits per heavy atom. The van der Waals surface area contributed by atoms with Crippen molar-refractivity contribution in [3.05, 3.63) is 107 Å². The minimum atomic E-state index is -5.81. The molecule has 0 aromatic heterocycles. The minimum Gasteiger partial charge on any atom is -0.351 e. The summed E-state index contributed by atoms with van der Waals surface area (Å²) in [5.74, 6) is -9.27. The number of aliphatic hydroxyl groups is 2. The van der Waals surface area contributed by atoms with E-state index in [-0.39, 0.29) is 17.2 Å². The van der Waals surface area contributed by atoms with Gasteiger partial charge in [0.25, 0.3) is 5.91 Å². The molecule has 0 saturated carbocycles. The van der Waals surface area contributed by atoms with Gasteiger partial charge in [-0.2, -0.15) is 26.3 Å². The van der Waals surface area contributed by atoms with Crippen LogP contribution in [0, 0.1) is 11.6 Å². The third-order valence-corrected chi connectivity index (χ3v) is 5.55. The molecule has 3 N–H and O–H groups in total. The largest absolute Gasteiger partial charge is 0.453 e. The Kier molecular flexibility index (Phi) is 7.15. The van der Waals surface area contributed by atoms with Gasteiger partial charge in [-0.3, -0.25) is 4.79 Å². The molecule has 0 radical (unpaired) electrons. The van der Waals surface area contributed by atoms with Gasteiger partial charge in [-0.25, -0.2) is 8.78 Å². The predicted molar refractivity (Wildman–Crippen MR) is 110 cm³/mol. The van der Waals surface area contributed by atoms with Crippen LogP contribution in [0.4, 0.5) is 35.1 Å². The fourth-order valence-corrected chi connectivity index (χ4v) is 3.73. The van der Waals surface area contributed by atoms with Gasteiger partial charge in [-0.05, 0) is 47.0 Å². The standard InChI is InChI=1S/C24H17F8NO3/c25-18-8-6-15(7-9-18)21(14-4-2-1-3-5-14,13-33-20(34)22(35,36)24(30,31)32)16-10-17(23(27,28)29)12-19(26)11-16/h1-12,35-36H,13H2,(H,33,34). The van der Waals surface area contributed by atoms with Gasteiger partial charge in [0, 0.05) is 6.54 Å². The molecule has 12 heteroatoms. The summed E-state index contributed by atoms with van der Waals surface area (Å²) in [6.45, 7) is -0.999. The normalized spacial score (nSPS) is 14.3. The molecule has 3 aromatic rings. The van der Waals surface area contributed by atoms with E-state index in [4.69, 9.17) is 0 Å².